The molecular formula is C10H6N2O2S. The number of furan rings is 1. The summed E-state index contributed by atoms with van der Waals surface area (Å²) in [5.41, 5.74) is 1.74. The predicted molar refractivity (Wildman–Crippen MR) is 55.3 cm³/mol. The summed E-state index contributed by atoms with van der Waals surface area (Å²) < 4.78 is 10.7. The average Bonchev–Trinajstić information content (AvgIpc) is 3.02. The number of rotatable bonds is 2. The molecule has 0 aliphatic carbocycles. The monoisotopic (exact) mass is 218 g/mol. The van der Waals surface area contributed by atoms with E-state index in [-0.39, 0.29) is 0 Å². The van der Waals surface area contributed by atoms with Gasteiger partial charge in [0, 0.05) is 0 Å². The summed E-state index contributed by atoms with van der Waals surface area (Å²) in [5, 5.41) is 0. The van der Waals surface area contributed by atoms with Crippen molar-refractivity contribution in [3.8, 4) is 22.3 Å². The third-order valence-corrected chi connectivity index (χ3v) is 2.67. The van der Waals surface area contributed by atoms with Crippen molar-refractivity contribution in [2.45, 2.75) is 0 Å². The molecule has 0 aromatic carbocycles. The number of thiazole rings is 1. The summed E-state index contributed by atoms with van der Waals surface area (Å²) in [6.45, 7) is 0. The highest BCUT2D eigenvalue weighted by Gasteiger charge is 2.10. The van der Waals surface area contributed by atoms with E-state index < -0.39 is 0 Å². The van der Waals surface area contributed by atoms with Crippen LogP contribution in [0.15, 0.2) is 45.1 Å². The van der Waals surface area contributed by atoms with Crippen molar-refractivity contribution in [1.29, 1.82) is 0 Å². The third-order valence-electron chi connectivity index (χ3n) is 1.91. The van der Waals surface area contributed by atoms with Crippen LogP contribution in [-0.4, -0.2) is 9.97 Å². The highest BCUT2D eigenvalue weighted by molar-refractivity contribution is 7.13. The lowest BCUT2D eigenvalue weighted by Gasteiger charge is -1.87. The fourth-order valence-corrected chi connectivity index (χ4v) is 1.79. The van der Waals surface area contributed by atoms with Crippen LogP contribution in [-0.2, 0) is 0 Å². The van der Waals surface area contributed by atoms with E-state index in [1.54, 1.807) is 24.2 Å². The van der Waals surface area contributed by atoms with Crippen molar-refractivity contribution in [2.75, 3.05) is 0 Å². The van der Waals surface area contributed by atoms with Gasteiger partial charge in [0.15, 0.2) is 11.5 Å². The minimum absolute atomic E-state index is 0.573. The van der Waals surface area contributed by atoms with Crippen molar-refractivity contribution < 1.29 is 8.83 Å². The van der Waals surface area contributed by atoms with Gasteiger partial charge in [-0.2, -0.15) is 0 Å². The highest BCUT2D eigenvalue weighted by atomic mass is 32.1. The molecule has 15 heavy (non-hydrogen) atoms. The van der Waals surface area contributed by atoms with Crippen LogP contribution in [0.5, 0.6) is 0 Å². The van der Waals surface area contributed by atoms with Gasteiger partial charge < -0.3 is 8.83 Å². The molecule has 0 saturated carbocycles. The molecule has 0 saturated heterocycles. The van der Waals surface area contributed by atoms with Gasteiger partial charge in [0.1, 0.15) is 4.88 Å². The molecular weight excluding hydrogens is 212 g/mol. The first-order valence-electron chi connectivity index (χ1n) is 4.32. The molecule has 3 aromatic heterocycles. The van der Waals surface area contributed by atoms with Gasteiger partial charge in [0.05, 0.1) is 24.2 Å². The van der Waals surface area contributed by atoms with E-state index in [0.29, 0.717) is 17.4 Å². The fraction of sp³-hybridized carbons (Fsp3) is 0. The molecule has 3 heterocycles. The number of oxazole rings is 1. The minimum Gasteiger partial charge on any atom is -0.461 e. The molecule has 0 radical (unpaired) electrons. The lowest BCUT2D eigenvalue weighted by molar-refractivity contribution is 0.529. The predicted octanol–water partition coefficient (Wildman–Crippen LogP) is 3.06. The molecule has 0 N–H and O–H groups in total. The fourth-order valence-electron chi connectivity index (χ4n) is 1.24. The molecule has 0 amide bonds. The van der Waals surface area contributed by atoms with Crippen LogP contribution in [0.4, 0.5) is 0 Å². The SMILES string of the molecule is c1coc(-c2cnc(-c3cncs3)o2)c1. The summed E-state index contributed by atoms with van der Waals surface area (Å²) in [7, 11) is 0. The van der Waals surface area contributed by atoms with Crippen molar-refractivity contribution >= 4 is 11.3 Å². The molecule has 0 spiro atoms. The average molecular weight is 218 g/mol. The lowest BCUT2D eigenvalue weighted by atomic mass is 10.4. The quantitative estimate of drug-likeness (QED) is 0.663. The molecule has 5 heteroatoms. The van der Waals surface area contributed by atoms with E-state index in [2.05, 4.69) is 9.97 Å². The van der Waals surface area contributed by atoms with Crippen LogP contribution in [0.25, 0.3) is 22.3 Å². The largest absolute Gasteiger partial charge is 0.461 e. The van der Waals surface area contributed by atoms with Crippen molar-refractivity contribution in [1.82, 2.24) is 9.97 Å². The zero-order chi connectivity index (χ0) is 10.1. The Labute approximate surface area is 89.2 Å². The van der Waals surface area contributed by atoms with Crippen LogP contribution in [0.3, 0.4) is 0 Å². The number of hydrogen-bond acceptors (Lipinski definition) is 5. The zero-order valence-corrected chi connectivity index (χ0v) is 8.40. The molecule has 3 aromatic rings. The van der Waals surface area contributed by atoms with E-state index in [4.69, 9.17) is 8.83 Å². The van der Waals surface area contributed by atoms with Crippen LogP contribution in [0, 0.1) is 0 Å². The number of nitrogens with zero attached hydrogens (tertiary/aromatic N) is 2. The maximum atomic E-state index is 5.54. The molecule has 0 aliphatic rings. The Morgan fingerprint density at radius 3 is 2.93 bits per heavy atom. The zero-order valence-electron chi connectivity index (χ0n) is 7.58. The topological polar surface area (TPSA) is 52.1 Å². The molecule has 74 valence electrons. The Morgan fingerprint density at radius 2 is 2.20 bits per heavy atom. The maximum Gasteiger partial charge on any atom is 0.238 e. The van der Waals surface area contributed by atoms with Gasteiger partial charge in [-0.3, -0.25) is 4.98 Å². The highest BCUT2D eigenvalue weighted by Crippen LogP contribution is 2.27. The van der Waals surface area contributed by atoms with Gasteiger partial charge in [-0.05, 0) is 12.1 Å². The van der Waals surface area contributed by atoms with Crippen molar-refractivity contribution in [2.24, 2.45) is 0 Å². The van der Waals surface area contributed by atoms with Gasteiger partial charge in [0.2, 0.25) is 5.89 Å². The van der Waals surface area contributed by atoms with Crippen molar-refractivity contribution in [3.63, 3.8) is 0 Å². The molecule has 0 unspecified atom stereocenters. The molecule has 4 nitrogen and oxygen atoms in total. The van der Waals surface area contributed by atoms with Gasteiger partial charge in [0.25, 0.3) is 0 Å². The Hall–Kier alpha value is -1.88. The molecule has 0 bridgehead atoms. The standard InChI is InChI=1S/C10H6N2O2S/c1-2-7(13-3-1)8-4-12-10(14-8)9-5-11-6-15-9/h1-6H. The first kappa shape index (κ1) is 8.43. The van der Waals surface area contributed by atoms with Crippen LogP contribution < -0.4 is 0 Å². The van der Waals surface area contributed by atoms with Gasteiger partial charge in [-0.25, -0.2) is 4.98 Å². The Bertz CT molecular complexity index is 491. The first-order valence-corrected chi connectivity index (χ1v) is 5.20. The normalized spacial score (nSPS) is 10.7. The minimum atomic E-state index is 0.573. The van der Waals surface area contributed by atoms with E-state index in [0.717, 1.165) is 4.88 Å². The van der Waals surface area contributed by atoms with E-state index in [1.807, 2.05) is 12.1 Å². The molecule has 0 aliphatic heterocycles. The van der Waals surface area contributed by atoms with Gasteiger partial charge in [-0.15, -0.1) is 11.3 Å². The Morgan fingerprint density at radius 1 is 1.20 bits per heavy atom. The second-order valence-electron chi connectivity index (χ2n) is 2.87. The van der Waals surface area contributed by atoms with Gasteiger partial charge >= 0.3 is 0 Å². The number of aromatic nitrogens is 2. The summed E-state index contributed by atoms with van der Waals surface area (Å²) >= 11 is 1.49. The van der Waals surface area contributed by atoms with Crippen molar-refractivity contribution in [3.05, 3.63) is 36.3 Å². The summed E-state index contributed by atoms with van der Waals surface area (Å²) in [6.07, 6.45) is 4.97. The number of hydrogen-bond donors (Lipinski definition) is 0. The van der Waals surface area contributed by atoms with Crippen LogP contribution in [0.2, 0.25) is 0 Å². The maximum absolute atomic E-state index is 5.54. The molecule has 0 atom stereocenters. The second-order valence-corrected chi connectivity index (χ2v) is 3.76. The summed E-state index contributed by atoms with van der Waals surface area (Å²) in [5.74, 6) is 1.88. The third kappa shape index (κ3) is 1.46. The van der Waals surface area contributed by atoms with Crippen LogP contribution >= 0.6 is 11.3 Å². The molecule has 0 fully saturated rings. The van der Waals surface area contributed by atoms with E-state index in [1.165, 1.54) is 11.3 Å². The summed E-state index contributed by atoms with van der Waals surface area (Å²) in [4.78, 5) is 9.03. The van der Waals surface area contributed by atoms with E-state index >= 15 is 0 Å². The Balaban J connectivity index is 2.02. The molecule has 3 rings (SSSR count). The van der Waals surface area contributed by atoms with Gasteiger partial charge in [-0.1, -0.05) is 0 Å². The summed E-state index contributed by atoms with van der Waals surface area (Å²) in [6, 6.07) is 3.64. The lowest BCUT2D eigenvalue weighted by Crippen LogP contribution is -1.67. The second kappa shape index (κ2) is 3.36. The van der Waals surface area contributed by atoms with E-state index in [9.17, 15) is 0 Å². The Kier molecular flexibility index (Phi) is 1.89. The smallest absolute Gasteiger partial charge is 0.238 e. The van der Waals surface area contributed by atoms with Crippen LogP contribution in [0.1, 0.15) is 0 Å². The first-order chi connectivity index (χ1) is 7.43.